The summed E-state index contributed by atoms with van der Waals surface area (Å²) in [5.41, 5.74) is 0. The molecule has 0 saturated carbocycles. The summed E-state index contributed by atoms with van der Waals surface area (Å²) in [5, 5.41) is 0. The third-order valence-corrected chi connectivity index (χ3v) is 2.71. The first-order chi connectivity index (χ1) is 6.74. The van der Waals surface area contributed by atoms with Crippen LogP contribution in [0.2, 0.25) is 0 Å². The summed E-state index contributed by atoms with van der Waals surface area (Å²) in [6.07, 6.45) is 7.97. The SMILES string of the molecule is C=C1CC(CCCCCCC)C(=O)O1. The smallest absolute Gasteiger partial charge is 0.314 e. The molecule has 1 unspecified atom stereocenters. The number of carbonyl (C=O) groups is 1. The second-order valence-corrected chi connectivity index (χ2v) is 4.06. The molecule has 0 N–H and O–H groups in total. The van der Waals surface area contributed by atoms with Crippen LogP contribution in [0.1, 0.15) is 51.9 Å². The van der Waals surface area contributed by atoms with Gasteiger partial charge in [0.2, 0.25) is 0 Å². The number of ether oxygens (including phenoxy) is 1. The van der Waals surface area contributed by atoms with Gasteiger partial charge in [-0.3, -0.25) is 4.79 Å². The molecule has 1 heterocycles. The highest BCUT2D eigenvalue weighted by Crippen LogP contribution is 2.27. The Morgan fingerprint density at radius 3 is 2.64 bits per heavy atom. The number of allylic oxidation sites excluding steroid dienone is 1. The van der Waals surface area contributed by atoms with E-state index in [1.807, 2.05) is 0 Å². The second kappa shape index (κ2) is 5.84. The van der Waals surface area contributed by atoms with Gasteiger partial charge >= 0.3 is 5.97 Å². The first-order valence-corrected chi connectivity index (χ1v) is 5.63. The number of cyclic esters (lactones) is 1. The summed E-state index contributed by atoms with van der Waals surface area (Å²) >= 11 is 0. The van der Waals surface area contributed by atoms with Crippen molar-refractivity contribution in [3.05, 3.63) is 12.3 Å². The molecule has 1 rings (SSSR count). The molecule has 0 aromatic carbocycles. The van der Waals surface area contributed by atoms with Crippen LogP contribution in [0.3, 0.4) is 0 Å². The van der Waals surface area contributed by atoms with E-state index in [1.165, 1.54) is 25.7 Å². The van der Waals surface area contributed by atoms with Crippen LogP contribution < -0.4 is 0 Å². The molecule has 0 aliphatic carbocycles. The Balaban J connectivity index is 2.07. The lowest BCUT2D eigenvalue weighted by Crippen LogP contribution is -2.06. The molecule has 1 saturated heterocycles. The van der Waals surface area contributed by atoms with Gasteiger partial charge in [-0.25, -0.2) is 0 Å². The fourth-order valence-corrected chi connectivity index (χ4v) is 1.84. The zero-order chi connectivity index (χ0) is 10.4. The zero-order valence-corrected chi connectivity index (χ0v) is 9.05. The van der Waals surface area contributed by atoms with Gasteiger partial charge in [0.25, 0.3) is 0 Å². The van der Waals surface area contributed by atoms with Gasteiger partial charge in [-0.1, -0.05) is 45.6 Å². The van der Waals surface area contributed by atoms with E-state index in [2.05, 4.69) is 13.5 Å². The van der Waals surface area contributed by atoms with Crippen molar-refractivity contribution in [1.82, 2.24) is 0 Å². The third-order valence-electron chi connectivity index (χ3n) is 2.71. The Labute approximate surface area is 86.3 Å². The topological polar surface area (TPSA) is 26.3 Å². The summed E-state index contributed by atoms with van der Waals surface area (Å²) in [5.74, 6) is 0.683. The summed E-state index contributed by atoms with van der Waals surface area (Å²) < 4.78 is 4.92. The number of unbranched alkanes of at least 4 members (excludes halogenated alkanes) is 4. The molecule has 1 atom stereocenters. The van der Waals surface area contributed by atoms with E-state index in [0.29, 0.717) is 5.76 Å². The average molecular weight is 196 g/mol. The van der Waals surface area contributed by atoms with Crippen molar-refractivity contribution in [1.29, 1.82) is 0 Å². The molecular weight excluding hydrogens is 176 g/mol. The highest BCUT2D eigenvalue weighted by atomic mass is 16.5. The normalized spacial score (nSPS) is 21.4. The zero-order valence-electron chi connectivity index (χ0n) is 9.05. The minimum absolute atomic E-state index is 0.0644. The van der Waals surface area contributed by atoms with Crippen molar-refractivity contribution in [2.24, 2.45) is 5.92 Å². The molecule has 14 heavy (non-hydrogen) atoms. The van der Waals surface area contributed by atoms with E-state index in [0.717, 1.165) is 19.3 Å². The summed E-state index contributed by atoms with van der Waals surface area (Å²) in [6, 6.07) is 0. The third kappa shape index (κ3) is 3.52. The minimum atomic E-state index is -0.0644. The van der Waals surface area contributed by atoms with Crippen molar-refractivity contribution < 1.29 is 9.53 Å². The summed E-state index contributed by atoms with van der Waals surface area (Å²) in [7, 11) is 0. The molecule has 2 nitrogen and oxygen atoms in total. The van der Waals surface area contributed by atoms with Crippen LogP contribution in [-0.2, 0) is 9.53 Å². The number of hydrogen-bond acceptors (Lipinski definition) is 2. The molecule has 1 aliphatic heterocycles. The molecule has 1 aliphatic rings. The van der Waals surface area contributed by atoms with Crippen molar-refractivity contribution >= 4 is 5.97 Å². The minimum Gasteiger partial charge on any atom is -0.431 e. The quantitative estimate of drug-likeness (QED) is 0.480. The Morgan fingerprint density at radius 2 is 2.07 bits per heavy atom. The molecule has 0 aromatic rings. The van der Waals surface area contributed by atoms with Crippen LogP contribution in [-0.4, -0.2) is 5.97 Å². The molecule has 0 radical (unpaired) electrons. The molecule has 80 valence electrons. The molecule has 0 amide bonds. The van der Waals surface area contributed by atoms with E-state index in [9.17, 15) is 4.79 Å². The largest absolute Gasteiger partial charge is 0.431 e. The van der Waals surface area contributed by atoms with Crippen LogP contribution in [0.25, 0.3) is 0 Å². The van der Waals surface area contributed by atoms with Gasteiger partial charge in [-0.15, -0.1) is 0 Å². The van der Waals surface area contributed by atoms with Gasteiger partial charge in [-0.2, -0.15) is 0 Å². The van der Waals surface area contributed by atoms with Crippen LogP contribution in [0, 0.1) is 5.92 Å². The summed E-state index contributed by atoms with van der Waals surface area (Å²) in [4.78, 5) is 11.2. The summed E-state index contributed by atoms with van der Waals surface area (Å²) in [6.45, 7) is 5.88. The standard InChI is InChI=1S/C12H20O2/c1-3-4-5-6-7-8-11-9-10(2)14-12(11)13/h11H,2-9H2,1H3. The number of hydrogen-bond donors (Lipinski definition) is 0. The van der Waals surface area contributed by atoms with Crippen LogP contribution >= 0.6 is 0 Å². The first-order valence-electron chi connectivity index (χ1n) is 5.63. The maximum atomic E-state index is 11.2. The molecular formula is C12H20O2. The van der Waals surface area contributed by atoms with Crippen molar-refractivity contribution in [2.75, 3.05) is 0 Å². The molecule has 1 fully saturated rings. The Hall–Kier alpha value is -0.790. The lowest BCUT2D eigenvalue weighted by molar-refractivity contribution is -0.139. The fraction of sp³-hybridized carbons (Fsp3) is 0.750. The number of esters is 1. The van der Waals surface area contributed by atoms with Gasteiger partial charge < -0.3 is 4.74 Å². The maximum absolute atomic E-state index is 11.2. The monoisotopic (exact) mass is 196 g/mol. The number of rotatable bonds is 6. The van der Waals surface area contributed by atoms with Gasteiger partial charge in [0.05, 0.1) is 5.92 Å². The maximum Gasteiger partial charge on any atom is 0.314 e. The molecule has 0 bridgehead atoms. The van der Waals surface area contributed by atoms with Crippen molar-refractivity contribution in [3.8, 4) is 0 Å². The lowest BCUT2D eigenvalue weighted by Gasteiger charge is -2.03. The molecule has 0 spiro atoms. The van der Waals surface area contributed by atoms with Gasteiger partial charge in [0.15, 0.2) is 0 Å². The molecule has 0 aromatic heterocycles. The Morgan fingerprint density at radius 1 is 1.36 bits per heavy atom. The predicted molar refractivity (Wildman–Crippen MR) is 56.7 cm³/mol. The van der Waals surface area contributed by atoms with Crippen LogP contribution in [0.15, 0.2) is 12.3 Å². The van der Waals surface area contributed by atoms with Crippen LogP contribution in [0.5, 0.6) is 0 Å². The van der Waals surface area contributed by atoms with Gasteiger partial charge in [0, 0.05) is 6.42 Å². The molecule has 2 heteroatoms. The lowest BCUT2D eigenvalue weighted by atomic mass is 9.99. The van der Waals surface area contributed by atoms with Gasteiger partial charge in [-0.05, 0) is 6.42 Å². The first kappa shape index (κ1) is 11.3. The highest BCUT2D eigenvalue weighted by molar-refractivity contribution is 5.76. The average Bonchev–Trinajstić information content (AvgIpc) is 2.45. The number of carbonyl (C=O) groups excluding carboxylic acids is 1. The van der Waals surface area contributed by atoms with E-state index in [4.69, 9.17) is 4.74 Å². The van der Waals surface area contributed by atoms with E-state index in [-0.39, 0.29) is 11.9 Å². The Kier molecular flexibility index (Phi) is 4.71. The predicted octanol–water partition coefficient (Wildman–Crippen LogP) is 3.42. The van der Waals surface area contributed by atoms with Crippen LogP contribution in [0.4, 0.5) is 0 Å². The van der Waals surface area contributed by atoms with E-state index < -0.39 is 0 Å². The highest BCUT2D eigenvalue weighted by Gasteiger charge is 2.28. The van der Waals surface area contributed by atoms with Crippen molar-refractivity contribution in [2.45, 2.75) is 51.9 Å². The van der Waals surface area contributed by atoms with Gasteiger partial charge in [0.1, 0.15) is 5.76 Å². The fourth-order valence-electron chi connectivity index (χ4n) is 1.84. The van der Waals surface area contributed by atoms with E-state index >= 15 is 0 Å². The Bertz CT molecular complexity index is 208. The van der Waals surface area contributed by atoms with E-state index in [1.54, 1.807) is 0 Å². The second-order valence-electron chi connectivity index (χ2n) is 4.06. The van der Waals surface area contributed by atoms with Crippen molar-refractivity contribution in [3.63, 3.8) is 0 Å².